The maximum absolute atomic E-state index is 12.4. The summed E-state index contributed by atoms with van der Waals surface area (Å²) in [5.74, 6) is -1.14. The quantitative estimate of drug-likeness (QED) is 0.797. The van der Waals surface area contributed by atoms with Gasteiger partial charge in [0.05, 0.1) is 0 Å². The molecule has 0 aliphatic heterocycles. The second-order valence-electron chi connectivity index (χ2n) is 8.69. The molecule has 1 aromatic carbocycles. The van der Waals surface area contributed by atoms with Gasteiger partial charge in [-0.2, -0.15) is 21.6 Å². The maximum atomic E-state index is 12.4. The lowest BCUT2D eigenvalue weighted by molar-refractivity contribution is -0.0446. The molecule has 0 aromatic heterocycles. The van der Waals surface area contributed by atoms with Gasteiger partial charge in [0.1, 0.15) is 0 Å². The molecule has 0 spiro atoms. The Morgan fingerprint density at radius 3 is 1.81 bits per heavy atom. The molecule has 0 saturated carbocycles. The van der Waals surface area contributed by atoms with E-state index in [-0.39, 0.29) is 22.3 Å². The van der Waals surface area contributed by atoms with Gasteiger partial charge in [-0.15, -0.1) is 0 Å². The van der Waals surface area contributed by atoms with Crippen LogP contribution in [0.3, 0.4) is 0 Å². The Hall–Kier alpha value is -1.57. The van der Waals surface area contributed by atoms with E-state index in [2.05, 4.69) is 41.5 Å². The van der Waals surface area contributed by atoms with Gasteiger partial charge in [0.2, 0.25) is 0 Å². The monoisotopic (exact) mass is 393 g/mol. The highest BCUT2D eigenvalue weighted by Crippen LogP contribution is 2.43. The van der Waals surface area contributed by atoms with E-state index >= 15 is 0 Å². The predicted molar refractivity (Wildman–Crippen MR) is 95.2 cm³/mol. The van der Waals surface area contributed by atoms with E-state index in [1.165, 1.54) is 12.1 Å². The summed E-state index contributed by atoms with van der Waals surface area (Å²) in [6, 6.07) is 6.02. The van der Waals surface area contributed by atoms with Crippen LogP contribution in [0, 0.1) is 10.8 Å². The number of hydrogen-bond acceptors (Lipinski definition) is 3. The Morgan fingerprint density at radius 1 is 1.00 bits per heavy atom. The molecule has 1 aromatic rings. The maximum Gasteiger partial charge on any atom is 0.516 e. The Labute approximate surface area is 153 Å². The van der Waals surface area contributed by atoms with Crippen molar-refractivity contribution in [3.8, 4) is 0 Å². The molecule has 0 radical (unpaired) electrons. The molecule has 1 atom stereocenters. The Bertz CT molecular complexity index is 740. The van der Waals surface area contributed by atoms with Gasteiger partial charge in [0.25, 0.3) is 5.91 Å². The molecule has 0 bridgehead atoms. The van der Waals surface area contributed by atoms with Crippen molar-refractivity contribution in [2.45, 2.75) is 59.4 Å². The molecule has 0 fully saturated rings. The van der Waals surface area contributed by atoms with E-state index in [4.69, 9.17) is 0 Å². The summed E-state index contributed by atoms with van der Waals surface area (Å²) < 4.78 is 60.2. The van der Waals surface area contributed by atoms with Crippen LogP contribution >= 0.6 is 0 Å². The number of alkyl halides is 3. The van der Waals surface area contributed by atoms with Crippen LogP contribution in [0.5, 0.6) is 0 Å². The molecule has 148 valence electrons. The van der Waals surface area contributed by atoms with E-state index in [1.807, 2.05) is 0 Å². The zero-order valence-electron chi connectivity index (χ0n) is 15.9. The zero-order chi connectivity index (χ0) is 20.6. The highest BCUT2D eigenvalue weighted by Gasteiger charge is 2.47. The van der Waals surface area contributed by atoms with Crippen molar-refractivity contribution >= 4 is 15.9 Å². The molecule has 0 saturated heterocycles. The molecular weight excluding hydrogens is 367 g/mol. The molecule has 0 heterocycles. The highest BCUT2D eigenvalue weighted by atomic mass is 32.2. The summed E-state index contributed by atoms with van der Waals surface area (Å²) in [5.41, 5.74) is -4.73. The highest BCUT2D eigenvalue weighted by molar-refractivity contribution is 7.90. The van der Waals surface area contributed by atoms with Gasteiger partial charge in [0, 0.05) is 5.56 Å². The fourth-order valence-electron chi connectivity index (χ4n) is 2.64. The van der Waals surface area contributed by atoms with Crippen LogP contribution in [0.2, 0.25) is 0 Å². The molecule has 1 amide bonds. The van der Waals surface area contributed by atoms with Crippen molar-refractivity contribution in [1.82, 2.24) is 4.72 Å². The van der Waals surface area contributed by atoms with Crippen molar-refractivity contribution in [3.05, 3.63) is 35.4 Å². The third-order valence-corrected chi connectivity index (χ3v) is 5.03. The number of hydrogen-bond donors (Lipinski definition) is 1. The fraction of sp³-hybridized carbons (Fsp3) is 0.611. The number of nitrogens with one attached hydrogen (secondary N) is 1. The number of rotatable bonds is 4. The lowest BCUT2D eigenvalue weighted by Crippen LogP contribution is -2.40. The van der Waals surface area contributed by atoms with Gasteiger partial charge in [0.15, 0.2) is 0 Å². The number of benzene rings is 1. The van der Waals surface area contributed by atoms with Crippen molar-refractivity contribution in [3.63, 3.8) is 0 Å². The Balaban J connectivity index is 3.08. The van der Waals surface area contributed by atoms with E-state index in [1.54, 1.807) is 12.1 Å². The minimum absolute atomic E-state index is 0.0589. The molecular formula is C18H26F3NO3S. The third kappa shape index (κ3) is 6.00. The standard InChI is InChI=1S/C18H26F3NO3S/c1-16(2,3)11-14(17(4,5)6)12-7-9-13(10-8-12)15(23)22-26(24,25)18(19,20)21/h7-10,14H,11H2,1-6H3,(H,22,23). The first-order valence-corrected chi connectivity index (χ1v) is 9.66. The molecule has 1 N–H and O–H groups in total. The first-order chi connectivity index (χ1) is 11.4. The Morgan fingerprint density at radius 2 is 1.46 bits per heavy atom. The van der Waals surface area contributed by atoms with E-state index in [0.717, 1.165) is 16.7 Å². The zero-order valence-corrected chi connectivity index (χ0v) is 16.7. The topological polar surface area (TPSA) is 63.2 Å². The molecule has 0 aliphatic carbocycles. The fourth-order valence-corrected chi connectivity index (χ4v) is 3.12. The molecule has 0 aliphatic rings. The van der Waals surface area contributed by atoms with Crippen LogP contribution in [0.1, 0.15) is 69.8 Å². The lowest BCUT2D eigenvalue weighted by atomic mass is 9.69. The third-order valence-electron chi connectivity index (χ3n) is 3.97. The Kier molecular flexibility index (Phi) is 6.23. The van der Waals surface area contributed by atoms with Crippen molar-refractivity contribution in [1.29, 1.82) is 0 Å². The van der Waals surface area contributed by atoms with Crippen LogP contribution in [0.4, 0.5) is 13.2 Å². The average Bonchev–Trinajstić information content (AvgIpc) is 2.41. The minimum Gasteiger partial charge on any atom is -0.268 e. The number of carbonyl (C=O) groups is 1. The van der Waals surface area contributed by atoms with Gasteiger partial charge in [-0.1, -0.05) is 53.7 Å². The van der Waals surface area contributed by atoms with Crippen molar-refractivity contribution in [2.24, 2.45) is 10.8 Å². The van der Waals surface area contributed by atoms with Crippen LogP contribution in [0.25, 0.3) is 0 Å². The number of carbonyl (C=O) groups excluding carboxylic acids is 1. The molecule has 1 rings (SSSR count). The van der Waals surface area contributed by atoms with Crippen LogP contribution in [0.15, 0.2) is 24.3 Å². The van der Waals surface area contributed by atoms with Gasteiger partial charge in [-0.05, 0) is 40.9 Å². The summed E-state index contributed by atoms with van der Waals surface area (Å²) in [5, 5.41) is 0. The number of halogens is 3. The number of amides is 1. The second kappa shape index (κ2) is 7.21. The van der Waals surface area contributed by atoms with E-state index in [9.17, 15) is 26.4 Å². The minimum atomic E-state index is -5.72. The van der Waals surface area contributed by atoms with Gasteiger partial charge in [-0.25, -0.2) is 4.72 Å². The largest absolute Gasteiger partial charge is 0.516 e. The second-order valence-corrected chi connectivity index (χ2v) is 10.4. The van der Waals surface area contributed by atoms with E-state index < -0.39 is 21.4 Å². The molecule has 26 heavy (non-hydrogen) atoms. The first kappa shape index (κ1) is 22.5. The summed E-state index contributed by atoms with van der Waals surface area (Å²) in [6.07, 6.45) is 0.879. The van der Waals surface area contributed by atoms with Gasteiger partial charge < -0.3 is 0 Å². The summed E-state index contributed by atoms with van der Waals surface area (Å²) >= 11 is 0. The summed E-state index contributed by atoms with van der Waals surface area (Å²) in [6.45, 7) is 12.7. The normalized spacial score (nSPS) is 14.8. The van der Waals surface area contributed by atoms with Crippen LogP contribution in [-0.4, -0.2) is 19.8 Å². The van der Waals surface area contributed by atoms with Crippen molar-refractivity contribution < 1.29 is 26.4 Å². The molecule has 8 heteroatoms. The van der Waals surface area contributed by atoms with Gasteiger partial charge in [-0.3, -0.25) is 4.79 Å². The smallest absolute Gasteiger partial charge is 0.268 e. The van der Waals surface area contributed by atoms with Gasteiger partial charge >= 0.3 is 15.5 Å². The average molecular weight is 393 g/mol. The molecule has 1 unspecified atom stereocenters. The first-order valence-electron chi connectivity index (χ1n) is 8.17. The number of sulfonamides is 1. The SMILES string of the molecule is CC(C)(C)CC(c1ccc(C(=O)NS(=O)(=O)C(F)(F)F)cc1)C(C)(C)C. The van der Waals surface area contributed by atoms with Crippen molar-refractivity contribution in [2.75, 3.05) is 0 Å². The summed E-state index contributed by atoms with van der Waals surface area (Å²) in [4.78, 5) is 11.8. The van der Waals surface area contributed by atoms with Crippen LogP contribution in [-0.2, 0) is 10.0 Å². The van der Waals surface area contributed by atoms with Crippen LogP contribution < -0.4 is 4.72 Å². The lowest BCUT2D eigenvalue weighted by Gasteiger charge is -2.36. The summed E-state index contributed by atoms with van der Waals surface area (Å²) in [7, 11) is -5.72. The molecule has 4 nitrogen and oxygen atoms in total. The predicted octanol–water partition coefficient (Wildman–Crippen LogP) is 4.83. The van der Waals surface area contributed by atoms with E-state index in [0.29, 0.717) is 0 Å².